The summed E-state index contributed by atoms with van der Waals surface area (Å²) >= 11 is 1.29. The van der Waals surface area contributed by atoms with Crippen LogP contribution in [0.25, 0.3) is 0 Å². The van der Waals surface area contributed by atoms with E-state index in [1.165, 1.54) is 30.3 Å². The number of nitrogens with zero attached hydrogens (tertiary/aromatic N) is 4. The van der Waals surface area contributed by atoms with E-state index in [1.807, 2.05) is 26.0 Å². The van der Waals surface area contributed by atoms with Crippen LogP contribution in [0.15, 0.2) is 29.4 Å². The number of amides is 1. The summed E-state index contributed by atoms with van der Waals surface area (Å²) in [4.78, 5) is 18.7. The summed E-state index contributed by atoms with van der Waals surface area (Å²) in [6, 6.07) is 8.02. The van der Waals surface area contributed by atoms with Gasteiger partial charge in [0.25, 0.3) is 0 Å². The van der Waals surface area contributed by atoms with Crippen LogP contribution in [-0.4, -0.2) is 39.9 Å². The van der Waals surface area contributed by atoms with Crippen LogP contribution in [0.1, 0.15) is 24.2 Å². The summed E-state index contributed by atoms with van der Waals surface area (Å²) in [5, 5.41) is 11.4. The summed E-state index contributed by atoms with van der Waals surface area (Å²) in [6.07, 6.45) is 2.51. The van der Waals surface area contributed by atoms with Gasteiger partial charge in [0.05, 0.1) is 17.1 Å². The molecule has 24 heavy (non-hydrogen) atoms. The van der Waals surface area contributed by atoms with Crippen molar-refractivity contribution in [2.45, 2.75) is 31.8 Å². The first-order valence-electron chi connectivity index (χ1n) is 8.07. The van der Waals surface area contributed by atoms with Crippen molar-refractivity contribution >= 4 is 29.0 Å². The molecule has 6 nitrogen and oxygen atoms in total. The molecule has 1 aromatic heterocycles. The molecule has 1 aromatic carbocycles. The quantitative estimate of drug-likeness (QED) is 0.842. The number of hydrogen-bond acceptors (Lipinski definition) is 6. The monoisotopic (exact) mass is 343 g/mol. The van der Waals surface area contributed by atoms with E-state index in [0.29, 0.717) is 5.16 Å². The molecular formula is C17H21N5OS. The number of anilines is 2. The number of carbonyl (C=O) groups is 1. The van der Waals surface area contributed by atoms with Crippen LogP contribution in [-0.2, 0) is 4.79 Å². The van der Waals surface area contributed by atoms with Crippen LogP contribution < -0.4 is 10.2 Å². The molecule has 1 amide bonds. The lowest BCUT2D eigenvalue weighted by Gasteiger charge is -2.17. The van der Waals surface area contributed by atoms with E-state index >= 15 is 0 Å². The molecule has 0 atom stereocenters. The Hall–Kier alpha value is -2.15. The van der Waals surface area contributed by atoms with Crippen molar-refractivity contribution in [3.05, 3.63) is 35.7 Å². The Balaban J connectivity index is 1.51. The number of aryl methyl sites for hydroxylation is 2. The number of aromatic nitrogens is 3. The molecule has 1 aliphatic rings. The molecule has 7 heteroatoms. The highest BCUT2D eigenvalue weighted by atomic mass is 32.2. The third kappa shape index (κ3) is 4.23. The van der Waals surface area contributed by atoms with Crippen LogP contribution in [0, 0.1) is 13.8 Å². The molecule has 0 spiro atoms. The minimum absolute atomic E-state index is 0.0734. The highest BCUT2D eigenvalue weighted by molar-refractivity contribution is 7.99. The zero-order valence-corrected chi connectivity index (χ0v) is 14.8. The second kappa shape index (κ2) is 7.61. The van der Waals surface area contributed by atoms with E-state index < -0.39 is 0 Å². The van der Waals surface area contributed by atoms with Crippen molar-refractivity contribution < 1.29 is 4.79 Å². The SMILES string of the molecule is Cc1nnc(SCC(=O)Nc2ccc(N3CCCC3)cc2)nc1C. The molecule has 0 unspecified atom stereocenters. The lowest BCUT2D eigenvalue weighted by molar-refractivity contribution is -0.113. The molecule has 0 bridgehead atoms. The first-order chi connectivity index (χ1) is 11.6. The molecule has 1 N–H and O–H groups in total. The number of carbonyl (C=O) groups excluding carboxylic acids is 1. The zero-order valence-electron chi connectivity index (χ0n) is 14.0. The molecule has 3 rings (SSSR count). The van der Waals surface area contributed by atoms with Crippen LogP contribution in [0.5, 0.6) is 0 Å². The Morgan fingerprint density at radius 2 is 1.83 bits per heavy atom. The molecule has 126 valence electrons. The third-order valence-corrected chi connectivity index (χ3v) is 4.86. The average Bonchev–Trinajstić information content (AvgIpc) is 3.11. The first-order valence-corrected chi connectivity index (χ1v) is 9.06. The molecule has 0 radical (unpaired) electrons. The maximum atomic E-state index is 12.1. The maximum absolute atomic E-state index is 12.1. The van der Waals surface area contributed by atoms with E-state index in [0.717, 1.165) is 30.2 Å². The minimum Gasteiger partial charge on any atom is -0.372 e. The fraction of sp³-hybridized carbons (Fsp3) is 0.412. The molecule has 1 aliphatic heterocycles. The van der Waals surface area contributed by atoms with E-state index in [-0.39, 0.29) is 11.7 Å². The van der Waals surface area contributed by atoms with Gasteiger partial charge in [0, 0.05) is 24.5 Å². The van der Waals surface area contributed by atoms with Crippen molar-refractivity contribution in [2.75, 3.05) is 29.1 Å². The molecule has 2 heterocycles. The van der Waals surface area contributed by atoms with Crippen LogP contribution in [0.3, 0.4) is 0 Å². The summed E-state index contributed by atoms with van der Waals surface area (Å²) in [6.45, 7) is 5.98. The summed E-state index contributed by atoms with van der Waals surface area (Å²) in [5.74, 6) is 0.189. The molecule has 1 fully saturated rings. The van der Waals surface area contributed by atoms with Gasteiger partial charge in [-0.2, -0.15) is 5.10 Å². The smallest absolute Gasteiger partial charge is 0.234 e. The topological polar surface area (TPSA) is 71.0 Å². The minimum atomic E-state index is -0.0734. The fourth-order valence-electron chi connectivity index (χ4n) is 2.56. The number of hydrogen-bond donors (Lipinski definition) is 1. The Morgan fingerprint density at radius 1 is 1.12 bits per heavy atom. The highest BCUT2D eigenvalue weighted by Crippen LogP contribution is 2.22. The summed E-state index contributed by atoms with van der Waals surface area (Å²) < 4.78 is 0. The van der Waals surface area contributed by atoms with Crippen molar-refractivity contribution in [3.63, 3.8) is 0 Å². The average molecular weight is 343 g/mol. The van der Waals surface area contributed by atoms with Gasteiger partial charge >= 0.3 is 0 Å². The normalized spacial score (nSPS) is 14.0. The van der Waals surface area contributed by atoms with Crippen molar-refractivity contribution in [2.24, 2.45) is 0 Å². The Morgan fingerprint density at radius 3 is 2.50 bits per heavy atom. The van der Waals surface area contributed by atoms with Crippen molar-refractivity contribution in [1.29, 1.82) is 0 Å². The fourth-order valence-corrected chi connectivity index (χ4v) is 3.19. The summed E-state index contributed by atoms with van der Waals surface area (Å²) in [5.41, 5.74) is 3.67. The number of benzene rings is 1. The number of thioether (sulfide) groups is 1. The van der Waals surface area contributed by atoms with Gasteiger partial charge in [-0.15, -0.1) is 5.10 Å². The van der Waals surface area contributed by atoms with Crippen molar-refractivity contribution in [1.82, 2.24) is 15.2 Å². The lowest BCUT2D eigenvalue weighted by Crippen LogP contribution is -2.18. The van der Waals surface area contributed by atoms with Crippen LogP contribution >= 0.6 is 11.8 Å². The standard InChI is InChI=1S/C17H21N5OS/c1-12-13(2)20-21-17(18-12)24-11-16(23)19-14-5-7-15(8-6-14)22-9-3-4-10-22/h5-8H,3-4,9-11H2,1-2H3,(H,19,23). The van der Waals surface area contributed by atoms with E-state index in [4.69, 9.17) is 0 Å². The largest absolute Gasteiger partial charge is 0.372 e. The highest BCUT2D eigenvalue weighted by Gasteiger charge is 2.12. The maximum Gasteiger partial charge on any atom is 0.234 e. The molecule has 0 aliphatic carbocycles. The first kappa shape index (κ1) is 16.7. The Labute approximate surface area is 146 Å². The molecule has 0 saturated carbocycles. The van der Waals surface area contributed by atoms with Crippen molar-refractivity contribution in [3.8, 4) is 0 Å². The predicted molar refractivity (Wildman–Crippen MR) is 96.5 cm³/mol. The van der Waals surface area contributed by atoms with E-state index in [1.54, 1.807) is 0 Å². The third-order valence-electron chi connectivity index (χ3n) is 4.03. The van der Waals surface area contributed by atoms with Gasteiger partial charge in [0.2, 0.25) is 11.1 Å². The zero-order chi connectivity index (χ0) is 16.9. The van der Waals surface area contributed by atoms with E-state index in [2.05, 4.69) is 37.5 Å². The Kier molecular flexibility index (Phi) is 5.30. The van der Waals surface area contributed by atoms with E-state index in [9.17, 15) is 4.79 Å². The molecule has 1 saturated heterocycles. The predicted octanol–water partition coefficient (Wildman–Crippen LogP) is 2.82. The Bertz CT molecular complexity index is 713. The van der Waals surface area contributed by atoms with Crippen LogP contribution in [0.2, 0.25) is 0 Å². The second-order valence-corrected chi connectivity index (χ2v) is 6.79. The number of nitrogens with one attached hydrogen (secondary N) is 1. The molecule has 2 aromatic rings. The summed E-state index contributed by atoms with van der Waals surface area (Å²) in [7, 11) is 0. The van der Waals surface area contributed by atoms with Gasteiger partial charge in [-0.3, -0.25) is 4.79 Å². The molecular weight excluding hydrogens is 322 g/mol. The van der Waals surface area contributed by atoms with Gasteiger partial charge < -0.3 is 10.2 Å². The van der Waals surface area contributed by atoms with Gasteiger partial charge in [-0.25, -0.2) is 4.98 Å². The van der Waals surface area contributed by atoms with Gasteiger partial charge in [0.1, 0.15) is 0 Å². The lowest BCUT2D eigenvalue weighted by atomic mass is 10.2. The second-order valence-electron chi connectivity index (χ2n) is 5.84. The van der Waals surface area contributed by atoms with Gasteiger partial charge in [0.15, 0.2) is 0 Å². The van der Waals surface area contributed by atoms with Gasteiger partial charge in [-0.05, 0) is 51.0 Å². The van der Waals surface area contributed by atoms with Gasteiger partial charge in [-0.1, -0.05) is 11.8 Å². The van der Waals surface area contributed by atoms with Crippen LogP contribution in [0.4, 0.5) is 11.4 Å². The number of rotatable bonds is 5.